The van der Waals surface area contributed by atoms with Crippen LogP contribution in [-0.4, -0.2) is 5.91 Å². The van der Waals surface area contributed by atoms with Crippen molar-refractivity contribution in [3.63, 3.8) is 0 Å². The lowest BCUT2D eigenvalue weighted by atomic mass is 10.2. The zero-order valence-electron chi connectivity index (χ0n) is 10.0. The van der Waals surface area contributed by atoms with Gasteiger partial charge in [-0.2, -0.15) is 0 Å². The van der Waals surface area contributed by atoms with Gasteiger partial charge in [0.2, 0.25) is 0 Å². The van der Waals surface area contributed by atoms with Gasteiger partial charge in [-0.1, -0.05) is 17.7 Å². The number of hydrogen-bond donors (Lipinski definition) is 1. The van der Waals surface area contributed by atoms with Gasteiger partial charge in [-0.15, -0.1) is 0 Å². The number of halogens is 3. The van der Waals surface area contributed by atoms with Crippen LogP contribution in [0.3, 0.4) is 0 Å². The molecule has 0 aliphatic carbocycles. The summed E-state index contributed by atoms with van der Waals surface area (Å²) in [7, 11) is 0. The quantitative estimate of drug-likeness (QED) is 0.621. The second-order valence-electron chi connectivity index (χ2n) is 4.05. The molecule has 2 rings (SSSR count). The van der Waals surface area contributed by atoms with E-state index in [0.29, 0.717) is 16.3 Å². The highest BCUT2D eigenvalue weighted by atomic mass is 127. The molecule has 98 valence electrons. The lowest BCUT2D eigenvalue weighted by Crippen LogP contribution is -2.12. The molecule has 2 aromatic carbocycles. The number of benzene rings is 2. The maximum absolute atomic E-state index is 12.1. The maximum Gasteiger partial charge on any atom is 0.255 e. The van der Waals surface area contributed by atoms with Crippen LogP contribution >= 0.6 is 50.1 Å². The molecule has 1 N–H and O–H groups in total. The molecule has 5 heteroatoms. The molecule has 0 saturated heterocycles. The van der Waals surface area contributed by atoms with Gasteiger partial charge in [0.25, 0.3) is 5.91 Å². The van der Waals surface area contributed by atoms with E-state index >= 15 is 0 Å². The molecule has 0 heterocycles. The van der Waals surface area contributed by atoms with Gasteiger partial charge in [0.05, 0.1) is 5.69 Å². The molecule has 2 nitrogen and oxygen atoms in total. The first-order valence-electron chi connectivity index (χ1n) is 5.50. The van der Waals surface area contributed by atoms with E-state index in [1.165, 1.54) is 0 Å². The van der Waals surface area contributed by atoms with Crippen molar-refractivity contribution in [2.75, 3.05) is 5.32 Å². The van der Waals surface area contributed by atoms with Crippen molar-refractivity contribution < 1.29 is 4.79 Å². The van der Waals surface area contributed by atoms with Crippen LogP contribution in [0.5, 0.6) is 0 Å². The minimum atomic E-state index is -0.154. The van der Waals surface area contributed by atoms with Gasteiger partial charge in [-0.3, -0.25) is 4.79 Å². The van der Waals surface area contributed by atoms with Crippen molar-refractivity contribution in [1.29, 1.82) is 0 Å². The van der Waals surface area contributed by atoms with E-state index in [9.17, 15) is 4.79 Å². The van der Waals surface area contributed by atoms with E-state index in [2.05, 4.69) is 43.8 Å². The first-order chi connectivity index (χ1) is 8.97. The first-order valence-corrected chi connectivity index (χ1v) is 7.75. The summed E-state index contributed by atoms with van der Waals surface area (Å²) in [5.41, 5.74) is 2.25. The van der Waals surface area contributed by atoms with Crippen LogP contribution < -0.4 is 5.32 Å². The lowest BCUT2D eigenvalue weighted by molar-refractivity contribution is 0.102. The van der Waals surface area contributed by atoms with Gasteiger partial charge in [-0.05, 0) is 81.3 Å². The number of amides is 1. The van der Waals surface area contributed by atoms with E-state index < -0.39 is 0 Å². The molecular weight excluding hydrogens is 440 g/mol. The molecule has 2 aromatic rings. The Morgan fingerprint density at radius 1 is 1.32 bits per heavy atom. The zero-order chi connectivity index (χ0) is 14.0. The van der Waals surface area contributed by atoms with Gasteiger partial charge in [0, 0.05) is 18.6 Å². The van der Waals surface area contributed by atoms with Gasteiger partial charge < -0.3 is 5.32 Å². The predicted molar refractivity (Wildman–Crippen MR) is 91.0 cm³/mol. The van der Waals surface area contributed by atoms with Crippen LogP contribution in [-0.2, 0) is 0 Å². The minimum absolute atomic E-state index is 0.154. The fraction of sp³-hybridized carbons (Fsp3) is 0.0714. The summed E-state index contributed by atoms with van der Waals surface area (Å²) in [6, 6.07) is 11.0. The molecule has 0 atom stereocenters. The number of carbonyl (C=O) groups is 1. The summed E-state index contributed by atoms with van der Waals surface area (Å²) in [6.45, 7) is 1.91. The average Bonchev–Trinajstić information content (AvgIpc) is 2.36. The Morgan fingerprint density at radius 3 is 2.74 bits per heavy atom. The molecule has 0 aromatic heterocycles. The van der Waals surface area contributed by atoms with Crippen molar-refractivity contribution in [2.24, 2.45) is 0 Å². The fourth-order valence-electron chi connectivity index (χ4n) is 1.57. The second kappa shape index (κ2) is 6.24. The van der Waals surface area contributed by atoms with Crippen molar-refractivity contribution in [3.8, 4) is 0 Å². The van der Waals surface area contributed by atoms with Crippen molar-refractivity contribution in [3.05, 3.63) is 60.6 Å². The Morgan fingerprint density at radius 2 is 2.05 bits per heavy atom. The van der Waals surface area contributed by atoms with Crippen molar-refractivity contribution in [1.82, 2.24) is 0 Å². The van der Waals surface area contributed by atoms with Crippen LogP contribution in [0.1, 0.15) is 15.9 Å². The zero-order valence-corrected chi connectivity index (χ0v) is 14.5. The smallest absolute Gasteiger partial charge is 0.255 e. The Hall–Kier alpha value is -0.590. The molecule has 0 aliphatic heterocycles. The number of carbonyl (C=O) groups excluding carboxylic acids is 1. The minimum Gasteiger partial charge on any atom is -0.321 e. The van der Waals surface area contributed by atoms with Crippen molar-refractivity contribution >= 4 is 61.7 Å². The molecule has 19 heavy (non-hydrogen) atoms. The van der Waals surface area contributed by atoms with Crippen LogP contribution in [0.4, 0.5) is 5.69 Å². The summed E-state index contributed by atoms with van der Waals surface area (Å²) < 4.78 is 1.83. The molecule has 1 amide bonds. The van der Waals surface area contributed by atoms with E-state index in [1.807, 2.05) is 31.2 Å². The largest absolute Gasteiger partial charge is 0.321 e. The number of anilines is 1. The number of nitrogens with one attached hydrogen (secondary N) is 1. The fourth-order valence-corrected chi connectivity index (χ4v) is 2.83. The Bertz CT molecular complexity index is 645. The Balaban J connectivity index is 2.27. The third kappa shape index (κ3) is 3.70. The van der Waals surface area contributed by atoms with Gasteiger partial charge in [0.1, 0.15) is 0 Å². The van der Waals surface area contributed by atoms with E-state index in [4.69, 9.17) is 11.6 Å². The molecule has 0 saturated carbocycles. The van der Waals surface area contributed by atoms with Gasteiger partial charge in [0.15, 0.2) is 0 Å². The van der Waals surface area contributed by atoms with Gasteiger partial charge in [-0.25, -0.2) is 0 Å². The third-order valence-electron chi connectivity index (χ3n) is 2.58. The molecule has 0 fully saturated rings. The molecular formula is C14H10BrClINO. The van der Waals surface area contributed by atoms with E-state index in [-0.39, 0.29) is 5.91 Å². The summed E-state index contributed by atoms with van der Waals surface area (Å²) in [4.78, 5) is 12.1. The van der Waals surface area contributed by atoms with Crippen LogP contribution in [0, 0.1) is 10.5 Å². The maximum atomic E-state index is 12.1. The highest BCUT2D eigenvalue weighted by molar-refractivity contribution is 14.1. The number of rotatable bonds is 2. The van der Waals surface area contributed by atoms with Gasteiger partial charge >= 0.3 is 0 Å². The van der Waals surface area contributed by atoms with Crippen LogP contribution in [0.25, 0.3) is 0 Å². The van der Waals surface area contributed by atoms with E-state index in [0.717, 1.165) is 13.6 Å². The molecule has 0 aliphatic rings. The first kappa shape index (κ1) is 14.8. The molecule has 0 unspecified atom stereocenters. The second-order valence-corrected chi connectivity index (χ2v) is 6.55. The summed E-state index contributed by atoms with van der Waals surface area (Å²) in [6.07, 6.45) is 0. The monoisotopic (exact) mass is 449 g/mol. The highest BCUT2D eigenvalue weighted by Gasteiger charge is 2.10. The SMILES string of the molecule is Cc1cc(Br)c(NC(=O)c2cccc(I)c2)cc1Cl. The Labute approximate surface area is 138 Å². The molecule has 0 spiro atoms. The summed E-state index contributed by atoms with van der Waals surface area (Å²) >= 11 is 11.7. The topological polar surface area (TPSA) is 29.1 Å². The number of hydrogen-bond acceptors (Lipinski definition) is 1. The van der Waals surface area contributed by atoms with E-state index in [1.54, 1.807) is 12.1 Å². The Kier molecular flexibility index (Phi) is 4.86. The lowest BCUT2D eigenvalue weighted by Gasteiger charge is -2.09. The standard InChI is InChI=1S/C14H10BrClINO/c1-8-5-11(15)13(7-12(8)16)18-14(19)9-3-2-4-10(17)6-9/h2-7H,1H3,(H,18,19). The normalized spacial score (nSPS) is 10.3. The summed E-state index contributed by atoms with van der Waals surface area (Å²) in [5.74, 6) is -0.154. The predicted octanol–water partition coefficient (Wildman–Crippen LogP) is 5.27. The van der Waals surface area contributed by atoms with Crippen molar-refractivity contribution in [2.45, 2.75) is 6.92 Å². The highest BCUT2D eigenvalue weighted by Crippen LogP contribution is 2.29. The molecule has 0 bridgehead atoms. The van der Waals surface area contributed by atoms with Crippen LogP contribution in [0.2, 0.25) is 5.02 Å². The molecule has 0 radical (unpaired) electrons. The third-order valence-corrected chi connectivity index (χ3v) is 4.32. The average molecular weight is 451 g/mol. The van der Waals surface area contributed by atoms with Crippen LogP contribution in [0.15, 0.2) is 40.9 Å². The number of aryl methyl sites for hydroxylation is 1. The summed E-state index contributed by atoms with van der Waals surface area (Å²) in [5, 5.41) is 3.47.